The fourth-order valence-electron chi connectivity index (χ4n) is 3.69. The summed E-state index contributed by atoms with van der Waals surface area (Å²) in [5.41, 5.74) is 0.00718. The highest BCUT2D eigenvalue weighted by Gasteiger charge is 2.34. The minimum atomic E-state index is 0.00718. The topological polar surface area (TPSA) is 38.3 Å². The van der Waals surface area contributed by atoms with E-state index in [2.05, 4.69) is 12.2 Å². The quantitative estimate of drug-likeness (QED) is 0.793. The molecule has 2 aliphatic rings. The van der Waals surface area contributed by atoms with Crippen LogP contribution in [-0.2, 0) is 9.53 Å². The van der Waals surface area contributed by atoms with E-state index in [1.807, 2.05) is 7.05 Å². The van der Waals surface area contributed by atoms with Crippen LogP contribution >= 0.6 is 0 Å². The molecule has 1 N–H and O–H groups in total. The van der Waals surface area contributed by atoms with E-state index >= 15 is 0 Å². The van der Waals surface area contributed by atoms with E-state index < -0.39 is 0 Å². The molecule has 0 aromatic carbocycles. The van der Waals surface area contributed by atoms with Crippen LogP contribution in [0.3, 0.4) is 0 Å². The molecule has 0 aromatic heterocycles. The summed E-state index contributed by atoms with van der Waals surface area (Å²) in [6.07, 6.45) is 11.5. The highest BCUT2D eigenvalue weighted by Crippen LogP contribution is 2.32. The van der Waals surface area contributed by atoms with Gasteiger partial charge in [-0.15, -0.1) is 0 Å². The molecule has 0 bridgehead atoms. The lowest BCUT2D eigenvalue weighted by atomic mass is 9.79. The zero-order chi connectivity index (χ0) is 13.7. The van der Waals surface area contributed by atoms with E-state index in [0.717, 1.165) is 19.3 Å². The van der Waals surface area contributed by atoms with Crippen molar-refractivity contribution in [1.29, 1.82) is 0 Å². The Morgan fingerprint density at radius 3 is 2.47 bits per heavy atom. The van der Waals surface area contributed by atoms with E-state index in [4.69, 9.17) is 4.74 Å². The summed E-state index contributed by atoms with van der Waals surface area (Å²) in [5, 5.41) is 3.40. The van der Waals surface area contributed by atoms with Crippen molar-refractivity contribution in [2.75, 3.05) is 7.05 Å². The summed E-state index contributed by atoms with van der Waals surface area (Å²) >= 11 is 0. The average molecular weight is 267 g/mol. The number of ether oxygens (including phenoxy) is 1. The molecule has 2 atom stereocenters. The fourth-order valence-corrected chi connectivity index (χ4v) is 3.69. The van der Waals surface area contributed by atoms with Gasteiger partial charge in [0.15, 0.2) is 0 Å². The molecule has 2 aliphatic carbocycles. The first-order chi connectivity index (χ1) is 9.15. The summed E-state index contributed by atoms with van der Waals surface area (Å²) in [4.78, 5) is 12.2. The number of hydrogen-bond donors (Lipinski definition) is 1. The first-order valence-electron chi connectivity index (χ1n) is 8.04. The Kier molecular flexibility index (Phi) is 5.26. The highest BCUT2D eigenvalue weighted by molar-refractivity contribution is 5.71. The van der Waals surface area contributed by atoms with Crippen molar-refractivity contribution in [3.8, 4) is 0 Å². The van der Waals surface area contributed by atoms with Crippen LogP contribution in [0.25, 0.3) is 0 Å². The maximum atomic E-state index is 12.2. The van der Waals surface area contributed by atoms with Gasteiger partial charge in [0, 0.05) is 5.54 Å². The van der Waals surface area contributed by atoms with Gasteiger partial charge in [0.1, 0.15) is 6.10 Å². The van der Waals surface area contributed by atoms with E-state index in [-0.39, 0.29) is 17.6 Å². The van der Waals surface area contributed by atoms with Crippen molar-refractivity contribution in [1.82, 2.24) is 5.32 Å². The molecule has 0 aromatic rings. The van der Waals surface area contributed by atoms with E-state index in [1.54, 1.807) is 0 Å². The van der Waals surface area contributed by atoms with Gasteiger partial charge in [-0.25, -0.2) is 0 Å². The number of carbonyl (C=O) groups is 1. The number of hydrogen-bond acceptors (Lipinski definition) is 3. The number of carbonyl (C=O) groups excluding carboxylic acids is 1. The Labute approximate surface area is 117 Å². The summed E-state index contributed by atoms with van der Waals surface area (Å²) < 4.78 is 5.75. The first-order valence-corrected chi connectivity index (χ1v) is 8.04. The zero-order valence-electron chi connectivity index (χ0n) is 12.5. The van der Waals surface area contributed by atoms with Gasteiger partial charge in [-0.1, -0.05) is 32.6 Å². The Hall–Kier alpha value is -0.570. The summed E-state index contributed by atoms with van der Waals surface area (Å²) in [6.45, 7) is 2.21. The van der Waals surface area contributed by atoms with Crippen LogP contribution in [0, 0.1) is 5.92 Å². The molecular formula is C16H29NO2. The van der Waals surface area contributed by atoms with Crippen LogP contribution in [-0.4, -0.2) is 24.7 Å². The highest BCUT2D eigenvalue weighted by atomic mass is 16.5. The van der Waals surface area contributed by atoms with E-state index in [9.17, 15) is 4.79 Å². The summed E-state index contributed by atoms with van der Waals surface area (Å²) in [7, 11) is 1.99. The van der Waals surface area contributed by atoms with Crippen LogP contribution in [0.15, 0.2) is 0 Å². The standard InChI is InChI=1S/C16H29NO2/c1-13-8-4-5-9-14(13)19-15(18)12-16(17-2)10-6-3-7-11-16/h13-14,17H,3-12H2,1-2H3. The predicted octanol–water partition coefficient (Wildman–Crippen LogP) is 3.42. The lowest BCUT2D eigenvalue weighted by Crippen LogP contribution is -2.47. The van der Waals surface area contributed by atoms with Crippen LogP contribution in [0.2, 0.25) is 0 Å². The molecule has 0 radical (unpaired) electrons. The molecule has 2 fully saturated rings. The van der Waals surface area contributed by atoms with Gasteiger partial charge in [-0.05, 0) is 45.1 Å². The van der Waals surface area contributed by atoms with Crippen molar-refractivity contribution >= 4 is 5.97 Å². The van der Waals surface area contributed by atoms with Crippen molar-refractivity contribution in [2.24, 2.45) is 5.92 Å². The summed E-state index contributed by atoms with van der Waals surface area (Å²) in [5.74, 6) is 0.546. The molecule has 110 valence electrons. The molecule has 2 rings (SSSR count). The van der Waals surface area contributed by atoms with Gasteiger partial charge in [-0.3, -0.25) is 4.79 Å². The van der Waals surface area contributed by atoms with E-state index in [0.29, 0.717) is 12.3 Å². The first kappa shape index (κ1) is 14.8. The Bertz CT molecular complexity index is 297. The number of esters is 1. The molecule has 0 saturated heterocycles. The van der Waals surface area contributed by atoms with Crippen molar-refractivity contribution < 1.29 is 9.53 Å². The predicted molar refractivity (Wildman–Crippen MR) is 77.0 cm³/mol. The maximum absolute atomic E-state index is 12.2. The molecule has 0 aliphatic heterocycles. The van der Waals surface area contributed by atoms with Crippen molar-refractivity contribution in [3.63, 3.8) is 0 Å². The van der Waals surface area contributed by atoms with Gasteiger partial charge in [0.05, 0.1) is 6.42 Å². The SMILES string of the molecule is CNC1(CC(=O)OC2CCCCC2C)CCCCC1. The fraction of sp³-hybridized carbons (Fsp3) is 0.938. The molecule has 19 heavy (non-hydrogen) atoms. The average Bonchev–Trinajstić information content (AvgIpc) is 2.42. The van der Waals surface area contributed by atoms with Gasteiger partial charge in [-0.2, -0.15) is 0 Å². The lowest BCUT2D eigenvalue weighted by molar-refractivity contribution is -0.155. The van der Waals surface area contributed by atoms with Crippen LogP contribution < -0.4 is 5.32 Å². The van der Waals surface area contributed by atoms with Gasteiger partial charge < -0.3 is 10.1 Å². The lowest BCUT2D eigenvalue weighted by Gasteiger charge is -2.37. The molecule has 0 amide bonds. The second-order valence-electron chi connectivity index (χ2n) is 6.56. The Morgan fingerprint density at radius 1 is 1.16 bits per heavy atom. The molecular weight excluding hydrogens is 238 g/mol. The van der Waals surface area contributed by atoms with Gasteiger partial charge >= 0.3 is 5.97 Å². The smallest absolute Gasteiger partial charge is 0.307 e. The minimum absolute atomic E-state index is 0.00718. The molecule has 0 heterocycles. The molecule has 3 nitrogen and oxygen atoms in total. The minimum Gasteiger partial charge on any atom is -0.462 e. The van der Waals surface area contributed by atoms with Crippen LogP contribution in [0.4, 0.5) is 0 Å². The zero-order valence-corrected chi connectivity index (χ0v) is 12.5. The molecule has 0 spiro atoms. The van der Waals surface area contributed by atoms with Crippen molar-refractivity contribution in [2.45, 2.75) is 82.8 Å². The number of rotatable bonds is 4. The van der Waals surface area contributed by atoms with E-state index in [1.165, 1.54) is 38.5 Å². The van der Waals surface area contributed by atoms with Gasteiger partial charge in [0.25, 0.3) is 0 Å². The normalized spacial score (nSPS) is 30.8. The Morgan fingerprint density at radius 2 is 1.84 bits per heavy atom. The third-order valence-corrected chi connectivity index (χ3v) is 5.14. The molecule has 2 saturated carbocycles. The monoisotopic (exact) mass is 267 g/mol. The number of nitrogens with one attached hydrogen (secondary N) is 1. The van der Waals surface area contributed by atoms with Crippen LogP contribution in [0.5, 0.6) is 0 Å². The van der Waals surface area contributed by atoms with Crippen LogP contribution in [0.1, 0.15) is 71.1 Å². The van der Waals surface area contributed by atoms with Crippen molar-refractivity contribution in [3.05, 3.63) is 0 Å². The Balaban J connectivity index is 1.85. The second-order valence-corrected chi connectivity index (χ2v) is 6.56. The second kappa shape index (κ2) is 6.74. The largest absolute Gasteiger partial charge is 0.462 e. The summed E-state index contributed by atoms with van der Waals surface area (Å²) in [6, 6.07) is 0. The maximum Gasteiger partial charge on any atom is 0.307 e. The molecule has 2 unspecified atom stereocenters. The third kappa shape index (κ3) is 3.95. The molecule has 3 heteroatoms. The van der Waals surface area contributed by atoms with Gasteiger partial charge in [0.2, 0.25) is 0 Å². The third-order valence-electron chi connectivity index (χ3n) is 5.14.